The summed E-state index contributed by atoms with van der Waals surface area (Å²) in [5.41, 5.74) is 1.53. The van der Waals surface area contributed by atoms with E-state index in [-0.39, 0.29) is 11.5 Å². The maximum atomic E-state index is 13.1. The first-order valence-electron chi connectivity index (χ1n) is 8.84. The molecule has 4 aromatic rings. The van der Waals surface area contributed by atoms with Gasteiger partial charge in [-0.25, -0.2) is 0 Å². The largest absolute Gasteiger partial charge is 0.497 e. The molecule has 0 saturated heterocycles. The molecule has 6 heteroatoms. The summed E-state index contributed by atoms with van der Waals surface area (Å²) in [7, 11) is 1.55. The maximum Gasteiger partial charge on any atom is 0.257 e. The second-order valence-corrected chi connectivity index (χ2v) is 6.70. The normalized spacial score (nSPS) is 10.7. The number of hydrogen-bond acceptors (Lipinski definition) is 4. The molecule has 1 N–H and O–H groups in total. The first kappa shape index (κ1) is 18.8. The van der Waals surface area contributed by atoms with Crippen molar-refractivity contribution in [2.75, 3.05) is 12.4 Å². The van der Waals surface area contributed by atoms with Crippen molar-refractivity contribution in [3.63, 3.8) is 0 Å². The van der Waals surface area contributed by atoms with Crippen molar-refractivity contribution < 1.29 is 18.7 Å². The Hall–Kier alpha value is -3.57. The minimum Gasteiger partial charge on any atom is -0.497 e. The Morgan fingerprint density at radius 2 is 1.62 bits per heavy atom. The standard InChI is InChI=1S/C23H16ClNO4/c1-28-15-12-10-14(11-13-15)21(26)22-20(17-7-3-5-9-19(17)29-22)25-23(27)16-6-2-4-8-18(16)24/h2-13H,1H3,(H,25,27). The third-order valence-corrected chi connectivity index (χ3v) is 4.84. The maximum absolute atomic E-state index is 13.1. The molecule has 5 nitrogen and oxygen atoms in total. The van der Waals surface area contributed by atoms with Crippen LogP contribution in [0.15, 0.2) is 77.2 Å². The van der Waals surface area contributed by atoms with Gasteiger partial charge in [-0.3, -0.25) is 9.59 Å². The molecule has 0 unspecified atom stereocenters. The highest BCUT2D eigenvalue weighted by Gasteiger charge is 2.24. The van der Waals surface area contributed by atoms with Crippen LogP contribution >= 0.6 is 11.6 Å². The molecule has 1 amide bonds. The van der Waals surface area contributed by atoms with Crippen LogP contribution < -0.4 is 10.1 Å². The fourth-order valence-electron chi connectivity index (χ4n) is 3.03. The topological polar surface area (TPSA) is 68.5 Å². The van der Waals surface area contributed by atoms with E-state index < -0.39 is 5.91 Å². The van der Waals surface area contributed by atoms with E-state index in [1.54, 1.807) is 73.8 Å². The Bertz CT molecular complexity index is 1210. The lowest BCUT2D eigenvalue weighted by molar-refractivity contribution is 0.101. The minimum absolute atomic E-state index is 0.0526. The number of methoxy groups -OCH3 is 1. The van der Waals surface area contributed by atoms with E-state index >= 15 is 0 Å². The average Bonchev–Trinajstić information content (AvgIpc) is 3.12. The lowest BCUT2D eigenvalue weighted by Gasteiger charge is -2.08. The highest BCUT2D eigenvalue weighted by molar-refractivity contribution is 6.34. The fraction of sp³-hybridized carbons (Fsp3) is 0.0435. The Morgan fingerprint density at radius 3 is 2.34 bits per heavy atom. The summed E-state index contributed by atoms with van der Waals surface area (Å²) in [5.74, 6) is -0.0839. The molecule has 0 spiro atoms. The van der Waals surface area contributed by atoms with E-state index in [1.165, 1.54) is 0 Å². The quantitative estimate of drug-likeness (QED) is 0.440. The van der Waals surface area contributed by atoms with Gasteiger partial charge in [-0.15, -0.1) is 0 Å². The second-order valence-electron chi connectivity index (χ2n) is 6.29. The number of amides is 1. The molecule has 1 heterocycles. The lowest BCUT2D eigenvalue weighted by atomic mass is 10.1. The van der Waals surface area contributed by atoms with Crippen molar-refractivity contribution in [3.05, 3.63) is 94.7 Å². The van der Waals surface area contributed by atoms with Crippen molar-refractivity contribution in [2.24, 2.45) is 0 Å². The number of furan rings is 1. The van der Waals surface area contributed by atoms with Crippen LogP contribution in [0.5, 0.6) is 5.75 Å². The number of carbonyl (C=O) groups is 2. The number of fused-ring (bicyclic) bond motifs is 1. The molecule has 0 saturated carbocycles. The predicted octanol–water partition coefficient (Wildman–Crippen LogP) is 5.58. The summed E-state index contributed by atoms with van der Waals surface area (Å²) < 4.78 is 10.9. The number of ether oxygens (including phenoxy) is 1. The van der Waals surface area contributed by atoms with Crippen molar-refractivity contribution >= 4 is 39.9 Å². The molecule has 0 atom stereocenters. The molecule has 29 heavy (non-hydrogen) atoms. The summed E-state index contributed by atoms with van der Waals surface area (Å²) in [5, 5.41) is 3.75. The zero-order chi connectivity index (χ0) is 20.4. The highest BCUT2D eigenvalue weighted by Crippen LogP contribution is 2.33. The molecule has 1 aromatic heterocycles. The predicted molar refractivity (Wildman–Crippen MR) is 112 cm³/mol. The van der Waals surface area contributed by atoms with E-state index in [0.717, 1.165) is 0 Å². The molecule has 144 valence electrons. The number of rotatable bonds is 5. The van der Waals surface area contributed by atoms with Crippen molar-refractivity contribution in [1.82, 2.24) is 0 Å². The van der Waals surface area contributed by atoms with E-state index in [9.17, 15) is 9.59 Å². The number of nitrogens with one attached hydrogen (secondary N) is 1. The molecular weight excluding hydrogens is 390 g/mol. The van der Waals surface area contributed by atoms with Crippen LogP contribution in [0.1, 0.15) is 26.5 Å². The van der Waals surface area contributed by atoms with Gasteiger partial charge in [0.25, 0.3) is 5.91 Å². The van der Waals surface area contributed by atoms with Crippen LogP contribution in [0.3, 0.4) is 0 Å². The summed E-state index contributed by atoms with van der Waals surface area (Å²) in [4.78, 5) is 25.9. The molecular formula is C23H16ClNO4. The van der Waals surface area contributed by atoms with Gasteiger partial charge in [-0.2, -0.15) is 0 Å². The van der Waals surface area contributed by atoms with Gasteiger partial charge in [-0.05, 0) is 48.5 Å². The van der Waals surface area contributed by atoms with Crippen molar-refractivity contribution in [1.29, 1.82) is 0 Å². The average molecular weight is 406 g/mol. The number of carbonyl (C=O) groups excluding carboxylic acids is 2. The molecule has 0 aliphatic heterocycles. The minimum atomic E-state index is -0.425. The third-order valence-electron chi connectivity index (χ3n) is 4.51. The first-order chi connectivity index (χ1) is 14.1. The van der Waals surface area contributed by atoms with Gasteiger partial charge < -0.3 is 14.5 Å². The van der Waals surface area contributed by atoms with Gasteiger partial charge in [-0.1, -0.05) is 35.9 Å². The summed E-state index contributed by atoms with van der Waals surface area (Å²) >= 11 is 6.14. The first-order valence-corrected chi connectivity index (χ1v) is 9.22. The number of para-hydroxylation sites is 1. The van der Waals surface area contributed by atoms with E-state index in [1.807, 2.05) is 6.07 Å². The van der Waals surface area contributed by atoms with Gasteiger partial charge >= 0.3 is 0 Å². The Morgan fingerprint density at radius 1 is 0.931 bits per heavy atom. The Labute approximate surface area is 171 Å². The number of hydrogen-bond donors (Lipinski definition) is 1. The molecule has 0 bridgehead atoms. The van der Waals surface area contributed by atoms with Crippen LogP contribution in [0.2, 0.25) is 5.02 Å². The molecule has 0 aliphatic rings. The smallest absolute Gasteiger partial charge is 0.257 e. The zero-order valence-corrected chi connectivity index (χ0v) is 16.2. The molecule has 3 aromatic carbocycles. The van der Waals surface area contributed by atoms with E-state index in [0.29, 0.717) is 38.6 Å². The van der Waals surface area contributed by atoms with Crippen LogP contribution in [-0.2, 0) is 0 Å². The number of ketones is 1. The fourth-order valence-corrected chi connectivity index (χ4v) is 3.25. The zero-order valence-electron chi connectivity index (χ0n) is 15.4. The highest BCUT2D eigenvalue weighted by atomic mass is 35.5. The molecule has 0 aliphatic carbocycles. The van der Waals surface area contributed by atoms with Crippen LogP contribution in [0.25, 0.3) is 11.0 Å². The van der Waals surface area contributed by atoms with Crippen LogP contribution in [0.4, 0.5) is 5.69 Å². The van der Waals surface area contributed by atoms with Crippen LogP contribution in [-0.4, -0.2) is 18.8 Å². The molecule has 0 fully saturated rings. The second kappa shape index (κ2) is 7.81. The van der Waals surface area contributed by atoms with Gasteiger partial charge in [0.05, 0.1) is 23.4 Å². The third kappa shape index (κ3) is 3.60. The SMILES string of the molecule is COc1ccc(C(=O)c2oc3ccccc3c2NC(=O)c2ccccc2Cl)cc1. The number of anilines is 1. The summed E-state index contributed by atoms with van der Waals surface area (Å²) in [6.45, 7) is 0. The van der Waals surface area contributed by atoms with Crippen molar-refractivity contribution in [3.8, 4) is 5.75 Å². The van der Waals surface area contributed by atoms with E-state index in [2.05, 4.69) is 5.32 Å². The summed E-state index contributed by atoms with van der Waals surface area (Å²) in [6.07, 6.45) is 0. The molecule has 4 rings (SSSR count). The number of halogens is 1. The van der Waals surface area contributed by atoms with Gasteiger partial charge in [0.2, 0.25) is 5.78 Å². The Balaban J connectivity index is 1.77. The summed E-state index contributed by atoms with van der Waals surface area (Å²) in [6, 6.07) is 20.5. The Kier molecular flexibility index (Phi) is 5.06. The van der Waals surface area contributed by atoms with Crippen molar-refractivity contribution in [2.45, 2.75) is 0 Å². The monoisotopic (exact) mass is 405 g/mol. The van der Waals surface area contributed by atoms with Crippen LogP contribution in [0, 0.1) is 0 Å². The number of benzene rings is 3. The van der Waals surface area contributed by atoms with Gasteiger partial charge in [0.15, 0.2) is 5.76 Å². The van der Waals surface area contributed by atoms with Gasteiger partial charge in [0.1, 0.15) is 11.3 Å². The molecule has 0 radical (unpaired) electrons. The van der Waals surface area contributed by atoms with E-state index in [4.69, 9.17) is 20.8 Å². The lowest BCUT2D eigenvalue weighted by Crippen LogP contribution is -2.14. The van der Waals surface area contributed by atoms with Gasteiger partial charge in [0, 0.05) is 10.9 Å².